The Morgan fingerprint density at radius 3 is 2.55 bits per heavy atom. The van der Waals surface area contributed by atoms with E-state index in [0.717, 1.165) is 18.9 Å². The third kappa shape index (κ3) is 4.07. The lowest BCUT2D eigenvalue weighted by molar-refractivity contribution is 0.0511. The molecule has 1 aromatic rings. The zero-order valence-electron chi connectivity index (χ0n) is 13.4. The molecular weight excluding hydrogens is 246 g/mol. The van der Waals surface area contributed by atoms with Crippen molar-refractivity contribution in [3.63, 3.8) is 0 Å². The maximum Gasteiger partial charge on any atom is 0.0755 e. The number of aryl methyl sites for hydroxylation is 2. The standard InChI is InChI=1S/C18H29NO/c1-5-10-19-17(18(20-4)16-8-9-16)12-15-7-6-13(2)14(3)11-15/h6-7,11,16-19H,5,8-10,12H2,1-4H3. The van der Waals surface area contributed by atoms with Crippen molar-refractivity contribution in [2.24, 2.45) is 5.92 Å². The summed E-state index contributed by atoms with van der Waals surface area (Å²) in [6, 6.07) is 7.27. The zero-order chi connectivity index (χ0) is 14.5. The molecule has 0 bridgehead atoms. The monoisotopic (exact) mass is 275 g/mol. The van der Waals surface area contributed by atoms with Gasteiger partial charge in [0.05, 0.1) is 6.10 Å². The summed E-state index contributed by atoms with van der Waals surface area (Å²) in [7, 11) is 1.87. The highest BCUT2D eigenvalue weighted by atomic mass is 16.5. The molecule has 2 heteroatoms. The summed E-state index contributed by atoms with van der Waals surface area (Å²) in [4.78, 5) is 0. The number of methoxy groups -OCH3 is 1. The molecule has 1 fully saturated rings. The molecule has 1 saturated carbocycles. The van der Waals surface area contributed by atoms with E-state index in [9.17, 15) is 0 Å². The van der Waals surface area contributed by atoms with Crippen LogP contribution in [-0.4, -0.2) is 25.8 Å². The lowest BCUT2D eigenvalue weighted by Crippen LogP contribution is -2.44. The maximum absolute atomic E-state index is 5.80. The molecule has 112 valence electrons. The summed E-state index contributed by atoms with van der Waals surface area (Å²) in [5.74, 6) is 0.765. The molecule has 0 amide bonds. The molecular formula is C18H29NO. The summed E-state index contributed by atoms with van der Waals surface area (Å²) in [6.45, 7) is 7.66. The first-order valence-electron chi connectivity index (χ1n) is 7.98. The molecule has 0 aliphatic heterocycles. The van der Waals surface area contributed by atoms with Crippen LogP contribution in [-0.2, 0) is 11.2 Å². The molecule has 0 radical (unpaired) electrons. The SMILES string of the molecule is CCCNC(Cc1ccc(C)c(C)c1)C(OC)C1CC1. The Morgan fingerprint density at radius 2 is 2.00 bits per heavy atom. The summed E-state index contributed by atoms with van der Waals surface area (Å²) >= 11 is 0. The van der Waals surface area contributed by atoms with Crippen molar-refractivity contribution in [3.8, 4) is 0 Å². The first-order chi connectivity index (χ1) is 9.65. The van der Waals surface area contributed by atoms with E-state index in [-0.39, 0.29) is 0 Å². The predicted molar refractivity (Wildman–Crippen MR) is 85.2 cm³/mol. The minimum atomic E-state index is 0.364. The van der Waals surface area contributed by atoms with Crippen LogP contribution in [0.25, 0.3) is 0 Å². The number of hydrogen-bond acceptors (Lipinski definition) is 2. The van der Waals surface area contributed by atoms with Gasteiger partial charge in [0.1, 0.15) is 0 Å². The highest BCUT2D eigenvalue weighted by Gasteiger charge is 2.36. The third-order valence-corrected chi connectivity index (χ3v) is 4.44. The van der Waals surface area contributed by atoms with Gasteiger partial charge in [-0.15, -0.1) is 0 Å². The lowest BCUT2D eigenvalue weighted by atomic mass is 9.96. The first kappa shape index (κ1) is 15.5. The average molecular weight is 275 g/mol. The fourth-order valence-electron chi connectivity index (χ4n) is 2.93. The van der Waals surface area contributed by atoms with Gasteiger partial charge in [-0.1, -0.05) is 25.1 Å². The van der Waals surface area contributed by atoms with E-state index >= 15 is 0 Å². The fourth-order valence-corrected chi connectivity index (χ4v) is 2.93. The van der Waals surface area contributed by atoms with Crippen LogP contribution < -0.4 is 5.32 Å². The van der Waals surface area contributed by atoms with Crippen molar-refractivity contribution >= 4 is 0 Å². The van der Waals surface area contributed by atoms with Gasteiger partial charge in [0.15, 0.2) is 0 Å². The van der Waals surface area contributed by atoms with Crippen molar-refractivity contribution in [1.82, 2.24) is 5.32 Å². The molecule has 20 heavy (non-hydrogen) atoms. The van der Waals surface area contributed by atoms with Gasteiger partial charge in [-0.3, -0.25) is 0 Å². The van der Waals surface area contributed by atoms with Gasteiger partial charge in [0.2, 0.25) is 0 Å². The Balaban J connectivity index is 2.07. The van der Waals surface area contributed by atoms with Crippen LogP contribution >= 0.6 is 0 Å². The second-order valence-electron chi connectivity index (χ2n) is 6.22. The van der Waals surface area contributed by atoms with Crippen LogP contribution in [0.1, 0.15) is 42.9 Å². The molecule has 0 spiro atoms. The first-order valence-corrected chi connectivity index (χ1v) is 7.98. The van der Waals surface area contributed by atoms with E-state index in [1.54, 1.807) is 0 Å². The Labute approximate surface area is 123 Å². The summed E-state index contributed by atoms with van der Waals surface area (Å²) in [5.41, 5.74) is 4.18. The summed E-state index contributed by atoms with van der Waals surface area (Å²) < 4.78 is 5.80. The summed E-state index contributed by atoms with van der Waals surface area (Å²) in [6.07, 6.45) is 5.26. The van der Waals surface area contributed by atoms with Gasteiger partial charge in [-0.25, -0.2) is 0 Å². The minimum absolute atomic E-state index is 0.364. The van der Waals surface area contributed by atoms with Crippen LogP contribution in [0.4, 0.5) is 0 Å². The molecule has 1 aliphatic rings. The molecule has 2 atom stereocenters. The van der Waals surface area contributed by atoms with Gasteiger partial charge >= 0.3 is 0 Å². The lowest BCUT2D eigenvalue weighted by Gasteiger charge is -2.27. The smallest absolute Gasteiger partial charge is 0.0755 e. The minimum Gasteiger partial charge on any atom is -0.380 e. The van der Waals surface area contributed by atoms with Crippen LogP contribution in [0.2, 0.25) is 0 Å². The second kappa shape index (κ2) is 7.24. The van der Waals surface area contributed by atoms with Gasteiger partial charge in [-0.2, -0.15) is 0 Å². The van der Waals surface area contributed by atoms with Gasteiger partial charge in [0, 0.05) is 13.2 Å². The van der Waals surface area contributed by atoms with Crippen LogP contribution in [0.5, 0.6) is 0 Å². The third-order valence-electron chi connectivity index (χ3n) is 4.44. The quantitative estimate of drug-likeness (QED) is 0.782. The van der Waals surface area contributed by atoms with Gasteiger partial charge < -0.3 is 10.1 Å². The van der Waals surface area contributed by atoms with E-state index < -0.39 is 0 Å². The fraction of sp³-hybridized carbons (Fsp3) is 0.667. The Hall–Kier alpha value is -0.860. The Morgan fingerprint density at radius 1 is 1.25 bits per heavy atom. The van der Waals surface area contributed by atoms with Crippen molar-refractivity contribution in [2.75, 3.05) is 13.7 Å². The van der Waals surface area contributed by atoms with Crippen molar-refractivity contribution < 1.29 is 4.74 Å². The zero-order valence-corrected chi connectivity index (χ0v) is 13.4. The topological polar surface area (TPSA) is 21.3 Å². The van der Waals surface area contributed by atoms with Gasteiger partial charge in [0.25, 0.3) is 0 Å². The number of benzene rings is 1. The number of rotatable bonds is 8. The van der Waals surface area contributed by atoms with Crippen LogP contribution in [0.15, 0.2) is 18.2 Å². The number of hydrogen-bond donors (Lipinski definition) is 1. The van der Waals surface area contributed by atoms with Gasteiger partial charge in [-0.05, 0) is 68.7 Å². The Kier molecular flexibility index (Phi) is 5.62. The second-order valence-corrected chi connectivity index (χ2v) is 6.22. The number of ether oxygens (including phenoxy) is 1. The van der Waals surface area contributed by atoms with E-state index in [1.165, 1.54) is 36.0 Å². The molecule has 2 rings (SSSR count). The highest BCUT2D eigenvalue weighted by molar-refractivity contribution is 5.30. The molecule has 0 saturated heterocycles. The molecule has 0 aromatic heterocycles. The maximum atomic E-state index is 5.80. The van der Waals surface area contributed by atoms with E-state index in [2.05, 4.69) is 44.3 Å². The molecule has 2 nitrogen and oxygen atoms in total. The highest BCUT2D eigenvalue weighted by Crippen LogP contribution is 2.36. The predicted octanol–water partition coefficient (Wildman–Crippen LogP) is 3.64. The van der Waals surface area contributed by atoms with Crippen molar-refractivity contribution in [1.29, 1.82) is 0 Å². The average Bonchev–Trinajstić information content (AvgIpc) is 3.25. The van der Waals surface area contributed by atoms with Crippen molar-refractivity contribution in [2.45, 2.75) is 58.6 Å². The normalized spacial score (nSPS) is 18.0. The van der Waals surface area contributed by atoms with E-state index in [0.29, 0.717) is 12.1 Å². The Bertz CT molecular complexity index is 425. The molecule has 1 aliphatic carbocycles. The molecule has 1 aromatic carbocycles. The molecule has 0 heterocycles. The molecule has 1 N–H and O–H groups in total. The summed E-state index contributed by atoms with van der Waals surface area (Å²) in [5, 5.41) is 3.70. The van der Waals surface area contributed by atoms with E-state index in [4.69, 9.17) is 4.74 Å². The van der Waals surface area contributed by atoms with Crippen LogP contribution in [0.3, 0.4) is 0 Å². The van der Waals surface area contributed by atoms with E-state index in [1.807, 2.05) is 7.11 Å². The largest absolute Gasteiger partial charge is 0.380 e. The number of nitrogens with one attached hydrogen (secondary N) is 1. The molecule has 2 unspecified atom stereocenters. The van der Waals surface area contributed by atoms with Crippen molar-refractivity contribution in [3.05, 3.63) is 34.9 Å². The van der Waals surface area contributed by atoms with Crippen LogP contribution in [0, 0.1) is 19.8 Å².